The minimum atomic E-state index is -3.72. The smallest absolute Gasteiger partial charge is 0.243 e. The molecule has 1 aromatic rings. The van der Waals surface area contributed by atoms with Gasteiger partial charge in [0, 0.05) is 24.4 Å². The van der Waals surface area contributed by atoms with E-state index in [1.54, 1.807) is 0 Å². The van der Waals surface area contributed by atoms with E-state index < -0.39 is 31.7 Å². The van der Waals surface area contributed by atoms with Gasteiger partial charge in [-0.1, -0.05) is 0 Å². The first-order chi connectivity index (χ1) is 12.2. The molecule has 26 heavy (non-hydrogen) atoms. The SMILES string of the molecule is O=C(NC1C=CS(=O)(=O)C1)C1CCN(S(=O)(=O)c2ccc(F)cc2)CC1. The Kier molecular flexibility index (Phi) is 5.18. The van der Waals surface area contributed by atoms with Gasteiger partial charge >= 0.3 is 0 Å². The molecule has 1 aromatic carbocycles. The van der Waals surface area contributed by atoms with Gasteiger partial charge in [0.05, 0.1) is 16.7 Å². The summed E-state index contributed by atoms with van der Waals surface area (Å²) < 4.78 is 62.1. The highest BCUT2D eigenvalue weighted by Gasteiger charge is 2.33. The lowest BCUT2D eigenvalue weighted by Crippen LogP contribution is -2.45. The second-order valence-electron chi connectivity index (χ2n) is 6.41. The van der Waals surface area contributed by atoms with Crippen molar-refractivity contribution < 1.29 is 26.0 Å². The van der Waals surface area contributed by atoms with E-state index in [4.69, 9.17) is 0 Å². The van der Waals surface area contributed by atoms with Crippen molar-refractivity contribution in [1.29, 1.82) is 0 Å². The second-order valence-corrected chi connectivity index (χ2v) is 10.3. The molecule has 0 aliphatic carbocycles. The molecule has 2 aliphatic rings. The van der Waals surface area contributed by atoms with E-state index in [0.29, 0.717) is 12.8 Å². The fourth-order valence-corrected chi connectivity index (χ4v) is 5.79. The van der Waals surface area contributed by atoms with Crippen LogP contribution in [0.2, 0.25) is 0 Å². The zero-order valence-corrected chi connectivity index (χ0v) is 15.5. The summed E-state index contributed by atoms with van der Waals surface area (Å²) in [6.07, 6.45) is 2.13. The van der Waals surface area contributed by atoms with Gasteiger partial charge in [0.25, 0.3) is 0 Å². The van der Waals surface area contributed by atoms with Crippen molar-refractivity contribution >= 4 is 25.8 Å². The number of carbonyl (C=O) groups is 1. The molecule has 10 heteroatoms. The summed E-state index contributed by atoms with van der Waals surface area (Å²) in [6.45, 7) is 0.354. The third kappa shape index (κ3) is 4.13. The van der Waals surface area contributed by atoms with Crippen LogP contribution in [-0.2, 0) is 24.7 Å². The van der Waals surface area contributed by atoms with Gasteiger partial charge in [-0.2, -0.15) is 4.31 Å². The Morgan fingerprint density at radius 1 is 1.15 bits per heavy atom. The summed E-state index contributed by atoms with van der Waals surface area (Å²) in [4.78, 5) is 12.3. The van der Waals surface area contributed by atoms with Crippen molar-refractivity contribution in [2.24, 2.45) is 5.92 Å². The van der Waals surface area contributed by atoms with Crippen LogP contribution < -0.4 is 5.32 Å². The first-order valence-electron chi connectivity index (χ1n) is 8.14. The van der Waals surface area contributed by atoms with E-state index in [9.17, 15) is 26.0 Å². The van der Waals surface area contributed by atoms with E-state index in [1.165, 1.54) is 22.5 Å². The van der Waals surface area contributed by atoms with Gasteiger partial charge in [0.1, 0.15) is 5.82 Å². The fourth-order valence-electron chi connectivity index (χ4n) is 3.08. The number of hydrogen-bond acceptors (Lipinski definition) is 5. The molecule has 1 amide bonds. The molecule has 1 N–H and O–H groups in total. The number of hydrogen-bond donors (Lipinski definition) is 1. The molecule has 1 unspecified atom stereocenters. The van der Waals surface area contributed by atoms with E-state index in [-0.39, 0.29) is 35.6 Å². The molecule has 1 saturated heterocycles. The Balaban J connectivity index is 1.58. The van der Waals surface area contributed by atoms with Gasteiger partial charge in [-0.3, -0.25) is 4.79 Å². The maximum Gasteiger partial charge on any atom is 0.243 e. The minimum Gasteiger partial charge on any atom is -0.349 e. The summed E-state index contributed by atoms with van der Waals surface area (Å²) in [5, 5.41) is 3.77. The molecule has 0 saturated carbocycles. The van der Waals surface area contributed by atoms with Crippen LogP contribution in [-0.4, -0.2) is 51.9 Å². The van der Waals surface area contributed by atoms with E-state index >= 15 is 0 Å². The van der Waals surface area contributed by atoms with Crippen molar-refractivity contribution in [1.82, 2.24) is 9.62 Å². The van der Waals surface area contributed by atoms with Crippen molar-refractivity contribution in [3.63, 3.8) is 0 Å². The average Bonchev–Trinajstić information content (AvgIpc) is 2.94. The minimum absolute atomic E-state index is 0.0168. The molecule has 2 aliphatic heterocycles. The number of nitrogens with zero attached hydrogens (tertiary/aromatic N) is 1. The van der Waals surface area contributed by atoms with Crippen LogP contribution in [0.15, 0.2) is 40.6 Å². The monoisotopic (exact) mass is 402 g/mol. The Morgan fingerprint density at radius 3 is 2.31 bits per heavy atom. The van der Waals surface area contributed by atoms with Gasteiger partial charge in [0.15, 0.2) is 9.84 Å². The van der Waals surface area contributed by atoms with Crippen molar-refractivity contribution in [3.05, 3.63) is 41.6 Å². The Hall–Kier alpha value is -1.78. The van der Waals surface area contributed by atoms with Crippen LogP contribution in [0.4, 0.5) is 4.39 Å². The van der Waals surface area contributed by atoms with Crippen LogP contribution in [0.1, 0.15) is 12.8 Å². The predicted octanol–water partition coefficient (Wildman–Crippen LogP) is 0.653. The second kappa shape index (κ2) is 7.09. The quantitative estimate of drug-likeness (QED) is 0.797. The molecule has 1 fully saturated rings. The molecular weight excluding hydrogens is 383 g/mol. The Bertz CT molecular complexity index is 918. The zero-order valence-electron chi connectivity index (χ0n) is 13.8. The first-order valence-corrected chi connectivity index (χ1v) is 11.3. The van der Waals surface area contributed by atoms with Crippen molar-refractivity contribution in [2.75, 3.05) is 18.8 Å². The maximum atomic E-state index is 13.0. The summed E-state index contributed by atoms with van der Waals surface area (Å²) in [6, 6.07) is 4.09. The topological polar surface area (TPSA) is 101 Å². The molecule has 0 aromatic heterocycles. The number of rotatable bonds is 4. The number of halogens is 1. The lowest BCUT2D eigenvalue weighted by atomic mass is 9.97. The van der Waals surface area contributed by atoms with Crippen molar-refractivity contribution in [2.45, 2.75) is 23.8 Å². The number of sulfone groups is 1. The molecule has 0 bridgehead atoms. The molecule has 142 valence electrons. The number of piperidine rings is 1. The third-order valence-corrected chi connectivity index (χ3v) is 7.84. The Morgan fingerprint density at radius 2 is 1.77 bits per heavy atom. The maximum absolute atomic E-state index is 13.0. The normalized spacial score (nSPS) is 23.8. The van der Waals surface area contributed by atoms with Crippen LogP contribution in [0, 0.1) is 11.7 Å². The van der Waals surface area contributed by atoms with Crippen molar-refractivity contribution in [3.8, 4) is 0 Å². The number of carbonyl (C=O) groups excluding carboxylic acids is 1. The third-order valence-electron chi connectivity index (χ3n) is 4.53. The summed E-state index contributed by atoms with van der Waals surface area (Å²) >= 11 is 0. The first kappa shape index (κ1) is 19.0. The highest BCUT2D eigenvalue weighted by molar-refractivity contribution is 7.94. The van der Waals surface area contributed by atoms with Crippen LogP contribution in [0.3, 0.4) is 0 Å². The molecule has 3 rings (SSSR count). The summed E-state index contributed by atoms with van der Waals surface area (Å²) in [5.41, 5.74) is 0. The van der Waals surface area contributed by atoms with E-state index in [2.05, 4.69) is 5.32 Å². The molecule has 0 radical (unpaired) electrons. The number of nitrogens with one attached hydrogen (secondary N) is 1. The molecular formula is C16H19FN2O5S2. The lowest BCUT2D eigenvalue weighted by Gasteiger charge is -2.31. The largest absolute Gasteiger partial charge is 0.349 e. The van der Waals surface area contributed by atoms with Gasteiger partial charge < -0.3 is 5.32 Å². The highest BCUT2D eigenvalue weighted by Crippen LogP contribution is 2.24. The molecule has 1 atom stereocenters. The molecule has 7 nitrogen and oxygen atoms in total. The standard InChI is InChI=1S/C16H19FN2O5S2/c17-13-1-3-15(4-2-13)26(23,24)19-8-5-12(6-9-19)16(20)18-14-7-10-25(21,22)11-14/h1-4,7,10,12,14H,5-6,8-9,11H2,(H,18,20). The van der Waals surface area contributed by atoms with Gasteiger partial charge in [-0.15, -0.1) is 0 Å². The van der Waals surface area contributed by atoms with Gasteiger partial charge in [0.2, 0.25) is 15.9 Å². The number of benzene rings is 1. The average molecular weight is 402 g/mol. The highest BCUT2D eigenvalue weighted by atomic mass is 32.2. The molecule has 0 spiro atoms. The number of sulfonamides is 1. The zero-order chi connectivity index (χ0) is 18.9. The van der Waals surface area contributed by atoms with Gasteiger partial charge in [-0.25, -0.2) is 21.2 Å². The van der Waals surface area contributed by atoms with E-state index in [0.717, 1.165) is 17.5 Å². The van der Waals surface area contributed by atoms with Gasteiger partial charge in [-0.05, 0) is 43.2 Å². The van der Waals surface area contributed by atoms with E-state index in [1.807, 2.05) is 0 Å². The summed E-state index contributed by atoms with van der Waals surface area (Å²) in [7, 11) is -6.96. The lowest BCUT2D eigenvalue weighted by molar-refractivity contribution is -0.126. The molecule has 2 heterocycles. The fraction of sp³-hybridized carbons (Fsp3) is 0.438. The predicted molar refractivity (Wildman–Crippen MR) is 92.7 cm³/mol. The van der Waals surface area contributed by atoms with Crippen LogP contribution in [0.5, 0.6) is 0 Å². The Labute approximate surface area is 151 Å². The van der Waals surface area contributed by atoms with Crippen LogP contribution in [0.25, 0.3) is 0 Å². The number of amides is 1. The summed E-state index contributed by atoms with van der Waals surface area (Å²) in [5.74, 6) is -1.29. The van der Waals surface area contributed by atoms with Crippen LogP contribution >= 0.6 is 0 Å².